The van der Waals surface area contributed by atoms with E-state index in [1.807, 2.05) is 6.07 Å². The number of thioether (sulfide) groups is 1. The monoisotopic (exact) mass is 457 g/mol. The third-order valence-electron chi connectivity index (χ3n) is 5.39. The van der Waals surface area contributed by atoms with E-state index in [9.17, 15) is 13.2 Å². The van der Waals surface area contributed by atoms with Crippen molar-refractivity contribution in [3.63, 3.8) is 0 Å². The number of nitriles is 1. The molecule has 5 nitrogen and oxygen atoms in total. The van der Waals surface area contributed by atoms with Gasteiger partial charge in [0.2, 0.25) is 0 Å². The Labute approximate surface area is 188 Å². The highest BCUT2D eigenvalue weighted by molar-refractivity contribution is 7.98. The van der Waals surface area contributed by atoms with E-state index in [1.54, 1.807) is 24.3 Å². The number of rotatable bonds is 6. The number of likely N-dealkylation sites (tertiary alicyclic amines) is 1. The molecule has 0 bridgehead atoms. The van der Waals surface area contributed by atoms with Gasteiger partial charge in [-0.25, -0.2) is 0 Å². The van der Waals surface area contributed by atoms with Gasteiger partial charge in [0.05, 0.1) is 29.4 Å². The summed E-state index contributed by atoms with van der Waals surface area (Å²) in [7, 11) is 0. The Balaban J connectivity index is 1.70. The summed E-state index contributed by atoms with van der Waals surface area (Å²) in [6, 6.07) is 14.8. The summed E-state index contributed by atoms with van der Waals surface area (Å²) in [5.41, 5.74) is 0.751. The van der Waals surface area contributed by atoms with Crippen LogP contribution in [0.25, 0.3) is 5.69 Å². The SMILES string of the molecule is N#Cc1cccc(CSc2nnc(CN3CCCCC3)n2-c2ccccc2C(F)(F)F)c1. The van der Waals surface area contributed by atoms with E-state index in [4.69, 9.17) is 5.26 Å². The number of halogens is 3. The number of hydrogen-bond donors (Lipinski definition) is 0. The zero-order valence-electron chi connectivity index (χ0n) is 17.3. The summed E-state index contributed by atoms with van der Waals surface area (Å²) < 4.78 is 42.9. The molecule has 4 rings (SSSR count). The molecular weight excluding hydrogens is 435 g/mol. The highest BCUT2D eigenvalue weighted by Crippen LogP contribution is 2.36. The van der Waals surface area contributed by atoms with Crippen LogP contribution in [0.3, 0.4) is 0 Å². The molecule has 0 spiro atoms. The van der Waals surface area contributed by atoms with Gasteiger partial charge >= 0.3 is 6.18 Å². The van der Waals surface area contributed by atoms with Crippen LogP contribution in [0.15, 0.2) is 53.7 Å². The predicted molar refractivity (Wildman–Crippen MR) is 116 cm³/mol. The van der Waals surface area contributed by atoms with Gasteiger partial charge in [0, 0.05) is 5.75 Å². The van der Waals surface area contributed by atoms with Gasteiger partial charge in [0.25, 0.3) is 0 Å². The molecular formula is C23H22F3N5S. The lowest BCUT2D eigenvalue weighted by Crippen LogP contribution is -2.30. The molecule has 0 saturated carbocycles. The molecule has 0 amide bonds. The molecule has 2 aromatic carbocycles. The molecule has 3 aromatic rings. The average molecular weight is 458 g/mol. The summed E-state index contributed by atoms with van der Waals surface area (Å²) >= 11 is 1.31. The van der Waals surface area contributed by atoms with Crippen LogP contribution < -0.4 is 0 Å². The second-order valence-electron chi connectivity index (χ2n) is 7.69. The van der Waals surface area contributed by atoms with Crippen LogP contribution in [0.1, 0.15) is 41.8 Å². The summed E-state index contributed by atoms with van der Waals surface area (Å²) in [5.74, 6) is 0.961. The number of para-hydroxylation sites is 1. The minimum absolute atomic E-state index is 0.0327. The molecule has 32 heavy (non-hydrogen) atoms. The molecule has 0 N–H and O–H groups in total. The maximum Gasteiger partial charge on any atom is 0.418 e. The molecule has 0 atom stereocenters. The molecule has 0 radical (unpaired) electrons. The minimum Gasteiger partial charge on any atom is -0.296 e. The quantitative estimate of drug-likeness (QED) is 0.462. The Morgan fingerprint density at radius 1 is 1.00 bits per heavy atom. The van der Waals surface area contributed by atoms with Crippen LogP contribution in [0.4, 0.5) is 13.2 Å². The molecule has 2 heterocycles. The Kier molecular flexibility index (Phi) is 6.82. The first-order chi connectivity index (χ1) is 15.5. The number of aromatic nitrogens is 3. The fourth-order valence-electron chi connectivity index (χ4n) is 3.84. The van der Waals surface area contributed by atoms with Crippen molar-refractivity contribution < 1.29 is 13.2 Å². The summed E-state index contributed by atoms with van der Waals surface area (Å²) in [5, 5.41) is 18.1. The van der Waals surface area contributed by atoms with Crippen molar-refractivity contribution in [1.29, 1.82) is 5.26 Å². The fraction of sp³-hybridized carbons (Fsp3) is 0.348. The molecule has 1 aliphatic heterocycles. The summed E-state index contributed by atoms with van der Waals surface area (Å²) in [6.45, 7) is 2.25. The average Bonchev–Trinajstić information content (AvgIpc) is 3.20. The van der Waals surface area contributed by atoms with E-state index in [-0.39, 0.29) is 5.69 Å². The second-order valence-corrected chi connectivity index (χ2v) is 8.63. The van der Waals surface area contributed by atoms with Crippen molar-refractivity contribution in [1.82, 2.24) is 19.7 Å². The molecule has 0 aliphatic carbocycles. The molecule has 9 heteroatoms. The molecule has 1 aliphatic rings. The normalized spacial score (nSPS) is 14.9. The van der Waals surface area contributed by atoms with Gasteiger partial charge < -0.3 is 0 Å². The summed E-state index contributed by atoms with van der Waals surface area (Å²) in [4.78, 5) is 2.21. The highest BCUT2D eigenvalue weighted by Gasteiger charge is 2.35. The Morgan fingerprint density at radius 2 is 1.78 bits per heavy atom. The van der Waals surface area contributed by atoms with Gasteiger partial charge in [-0.2, -0.15) is 18.4 Å². The predicted octanol–water partition coefficient (Wildman–Crippen LogP) is 5.44. The van der Waals surface area contributed by atoms with Crippen LogP contribution in [-0.2, 0) is 18.5 Å². The van der Waals surface area contributed by atoms with Crippen LogP contribution in [0.5, 0.6) is 0 Å². The van der Waals surface area contributed by atoms with E-state index in [0.717, 1.165) is 37.6 Å². The van der Waals surface area contributed by atoms with Gasteiger partial charge in [0.1, 0.15) is 0 Å². The van der Waals surface area contributed by atoms with Crippen LogP contribution in [0.2, 0.25) is 0 Å². The third kappa shape index (κ3) is 5.14. The molecule has 1 saturated heterocycles. The zero-order chi connectivity index (χ0) is 22.6. The largest absolute Gasteiger partial charge is 0.418 e. The lowest BCUT2D eigenvalue weighted by Gasteiger charge is -2.26. The Bertz CT molecular complexity index is 1110. The first-order valence-electron chi connectivity index (χ1n) is 10.4. The van der Waals surface area contributed by atoms with Crippen molar-refractivity contribution in [2.75, 3.05) is 13.1 Å². The molecule has 1 fully saturated rings. The van der Waals surface area contributed by atoms with Gasteiger partial charge in [-0.15, -0.1) is 10.2 Å². The van der Waals surface area contributed by atoms with Crippen molar-refractivity contribution >= 4 is 11.8 Å². The first kappa shape index (κ1) is 22.4. The van der Waals surface area contributed by atoms with Gasteiger partial charge in [0.15, 0.2) is 11.0 Å². The van der Waals surface area contributed by atoms with E-state index in [0.29, 0.717) is 28.8 Å². The first-order valence-corrected chi connectivity index (χ1v) is 11.4. The van der Waals surface area contributed by atoms with Crippen molar-refractivity contribution in [3.05, 3.63) is 71.0 Å². The maximum atomic E-state index is 13.8. The van der Waals surface area contributed by atoms with Crippen LogP contribution >= 0.6 is 11.8 Å². The van der Waals surface area contributed by atoms with Gasteiger partial charge in [-0.3, -0.25) is 9.47 Å². The molecule has 166 valence electrons. The van der Waals surface area contributed by atoms with E-state index >= 15 is 0 Å². The number of nitrogens with zero attached hydrogens (tertiary/aromatic N) is 5. The van der Waals surface area contributed by atoms with Crippen molar-refractivity contribution in [3.8, 4) is 11.8 Å². The topological polar surface area (TPSA) is 57.7 Å². The standard InChI is InChI=1S/C23H22F3N5S/c24-23(25,26)19-9-2-3-10-20(19)31-21(15-30-11-4-1-5-12-30)28-29-22(31)32-16-18-8-6-7-17(13-18)14-27/h2-3,6-10,13H,1,4-5,11-12,15-16H2. The molecule has 1 aromatic heterocycles. The number of piperidine rings is 1. The Hall–Kier alpha value is -2.83. The smallest absolute Gasteiger partial charge is 0.296 e. The van der Waals surface area contributed by atoms with Crippen LogP contribution in [-0.4, -0.2) is 32.8 Å². The number of alkyl halides is 3. The van der Waals surface area contributed by atoms with Gasteiger partial charge in [-0.1, -0.05) is 42.4 Å². The number of hydrogen-bond acceptors (Lipinski definition) is 5. The summed E-state index contributed by atoms with van der Waals surface area (Å²) in [6.07, 6.45) is -1.18. The van der Waals surface area contributed by atoms with Crippen LogP contribution in [0, 0.1) is 11.3 Å². The zero-order valence-corrected chi connectivity index (χ0v) is 18.2. The fourth-order valence-corrected chi connectivity index (χ4v) is 4.75. The van der Waals surface area contributed by atoms with Crippen molar-refractivity contribution in [2.45, 2.75) is 42.9 Å². The maximum absolute atomic E-state index is 13.8. The lowest BCUT2D eigenvalue weighted by atomic mass is 10.1. The van der Waals surface area contributed by atoms with Crippen molar-refractivity contribution in [2.24, 2.45) is 0 Å². The van der Waals surface area contributed by atoms with E-state index in [1.165, 1.54) is 34.9 Å². The molecule has 0 unspecified atom stereocenters. The van der Waals surface area contributed by atoms with E-state index < -0.39 is 11.7 Å². The number of benzene rings is 2. The Morgan fingerprint density at radius 3 is 2.53 bits per heavy atom. The van der Waals surface area contributed by atoms with Gasteiger partial charge in [-0.05, 0) is 55.8 Å². The lowest BCUT2D eigenvalue weighted by molar-refractivity contribution is -0.137. The third-order valence-corrected chi connectivity index (χ3v) is 6.39. The van der Waals surface area contributed by atoms with E-state index in [2.05, 4.69) is 21.2 Å². The minimum atomic E-state index is -4.49. The second kappa shape index (κ2) is 9.76. The highest BCUT2D eigenvalue weighted by atomic mass is 32.2.